The summed E-state index contributed by atoms with van der Waals surface area (Å²) in [5.41, 5.74) is 0.981. The average Bonchev–Trinajstić information content (AvgIpc) is 2.69. The summed E-state index contributed by atoms with van der Waals surface area (Å²) in [7, 11) is 0. The van der Waals surface area contributed by atoms with Crippen LogP contribution in [0.25, 0.3) is 0 Å². The minimum Gasteiger partial charge on any atom is -0.349 e. The van der Waals surface area contributed by atoms with Gasteiger partial charge in [-0.25, -0.2) is 13.6 Å². The molecule has 0 radical (unpaired) electrons. The van der Waals surface area contributed by atoms with Gasteiger partial charge in [0, 0.05) is 29.4 Å². The van der Waals surface area contributed by atoms with E-state index in [2.05, 4.69) is 10.6 Å². The highest BCUT2D eigenvalue weighted by Gasteiger charge is 2.41. The molecule has 2 bridgehead atoms. The van der Waals surface area contributed by atoms with Crippen LogP contribution in [0.15, 0.2) is 48.5 Å². The summed E-state index contributed by atoms with van der Waals surface area (Å²) in [6, 6.07) is 11.1. The molecule has 1 unspecified atom stereocenters. The Hall–Kier alpha value is -2.96. The molecule has 29 heavy (non-hydrogen) atoms. The van der Waals surface area contributed by atoms with E-state index in [1.165, 1.54) is 36.4 Å². The second-order valence-corrected chi connectivity index (χ2v) is 7.73. The molecule has 0 spiro atoms. The predicted molar refractivity (Wildman–Crippen MR) is 106 cm³/mol. The molecule has 2 fully saturated rings. The summed E-state index contributed by atoms with van der Waals surface area (Å²) in [6.45, 7) is 0. The molecular formula is C22H23F2N3O2. The maximum Gasteiger partial charge on any atom is 0.322 e. The second kappa shape index (κ2) is 8.19. The van der Waals surface area contributed by atoms with Crippen LogP contribution >= 0.6 is 0 Å². The standard InChI is InChI=1S/C22H23F2N3O2/c23-15-6-4-14(5-7-15)21(28)25-18-12-19-2-1-3-20(13-18)27(19)22(29)26-17-10-8-16(24)9-11-17/h4-11,18-20H,1-3,12-13H2,(H,25,28)(H,26,29)/t18?,19-,20+. The topological polar surface area (TPSA) is 61.4 Å². The molecule has 2 aromatic carbocycles. The molecule has 3 amide bonds. The van der Waals surface area contributed by atoms with E-state index in [1.807, 2.05) is 4.90 Å². The summed E-state index contributed by atoms with van der Waals surface area (Å²) in [6.07, 6.45) is 4.18. The van der Waals surface area contributed by atoms with Crippen molar-refractivity contribution in [2.75, 3.05) is 5.32 Å². The molecule has 2 aliphatic rings. The molecule has 5 nitrogen and oxygen atoms in total. The molecular weight excluding hydrogens is 376 g/mol. The lowest BCUT2D eigenvalue weighted by atomic mass is 9.82. The lowest BCUT2D eigenvalue weighted by Crippen LogP contribution is -2.59. The third-order valence-electron chi connectivity index (χ3n) is 5.75. The lowest BCUT2D eigenvalue weighted by molar-refractivity contribution is 0.0577. The van der Waals surface area contributed by atoms with Gasteiger partial charge in [-0.3, -0.25) is 4.79 Å². The van der Waals surface area contributed by atoms with Crippen LogP contribution in [0.4, 0.5) is 19.3 Å². The van der Waals surface area contributed by atoms with Crippen LogP contribution in [0.2, 0.25) is 0 Å². The van der Waals surface area contributed by atoms with Gasteiger partial charge in [0.2, 0.25) is 0 Å². The summed E-state index contributed by atoms with van der Waals surface area (Å²) < 4.78 is 26.1. The zero-order chi connectivity index (χ0) is 20.4. The van der Waals surface area contributed by atoms with Crippen molar-refractivity contribution >= 4 is 17.6 Å². The van der Waals surface area contributed by atoms with Crippen LogP contribution < -0.4 is 10.6 Å². The minimum absolute atomic E-state index is 0.0299. The van der Waals surface area contributed by atoms with Gasteiger partial charge in [0.25, 0.3) is 5.91 Å². The number of nitrogens with one attached hydrogen (secondary N) is 2. The molecule has 7 heteroatoms. The average molecular weight is 399 g/mol. The number of benzene rings is 2. The van der Waals surface area contributed by atoms with Gasteiger partial charge in [0.15, 0.2) is 0 Å². The Balaban J connectivity index is 1.40. The van der Waals surface area contributed by atoms with E-state index in [-0.39, 0.29) is 41.7 Å². The number of hydrogen-bond acceptors (Lipinski definition) is 2. The van der Waals surface area contributed by atoms with Crippen molar-refractivity contribution in [3.63, 3.8) is 0 Å². The summed E-state index contributed by atoms with van der Waals surface area (Å²) in [5, 5.41) is 5.89. The van der Waals surface area contributed by atoms with Crippen LogP contribution in [-0.4, -0.2) is 35.0 Å². The lowest BCUT2D eigenvalue weighted by Gasteiger charge is -2.48. The molecule has 2 aromatic rings. The summed E-state index contributed by atoms with van der Waals surface area (Å²) in [5.74, 6) is -0.952. The maximum absolute atomic E-state index is 13.1. The molecule has 0 aromatic heterocycles. The Morgan fingerprint density at radius 3 is 2.00 bits per heavy atom. The van der Waals surface area contributed by atoms with Gasteiger partial charge in [-0.2, -0.15) is 0 Å². The smallest absolute Gasteiger partial charge is 0.322 e. The molecule has 4 rings (SSSR count). The largest absolute Gasteiger partial charge is 0.349 e. The van der Waals surface area contributed by atoms with Crippen LogP contribution in [0, 0.1) is 11.6 Å². The van der Waals surface area contributed by atoms with Crippen LogP contribution in [-0.2, 0) is 0 Å². The van der Waals surface area contributed by atoms with E-state index in [0.29, 0.717) is 24.1 Å². The molecule has 2 N–H and O–H groups in total. The van der Waals surface area contributed by atoms with Crippen molar-refractivity contribution in [3.8, 4) is 0 Å². The quantitative estimate of drug-likeness (QED) is 0.808. The number of urea groups is 1. The number of fused-ring (bicyclic) bond motifs is 2. The number of carbonyl (C=O) groups is 2. The van der Waals surface area contributed by atoms with Gasteiger partial charge in [0.05, 0.1) is 0 Å². The Kier molecular flexibility index (Phi) is 5.47. The van der Waals surface area contributed by atoms with Crippen molar-refractivity contribution in [1.82, 2.24) is 10.2 Å². The van der Waals surface area contributed by atoms with E-state index >= 15 is 0 Å². The van der Waals surface area contributed by atoms with Gasteiger partial charge < -0.3 is 15.5 Å². The SMILES string of the molecule is O=C(NC1C[C@H]2CCC[C@@H](C1)N2C(=O)Nc1ccc(F)cc1)c1ccc(F)cc1. The summed E-state index contributed by atoms with van der Waals surface area (Å²) in [4.78, 5) is 27.2. The van der Waals surface area contributed by atoms with E-state index < -0.39 is 0 Å². The first-order chi connectivity index (χ1) is 14.0. The van der Waals surface area contributed by atoms with E-state index in [4.69, 9.17) is 0 Å². The third-order valence-corrected chi connectivity index (χ3v) is 5.75. The normalized spacial score (nSPS) is 23.4. The molecule has 2 saturated heterocycles. The first-order valence-electron chi connectivity index (χ1n) is 9.91. The fraction of sp³-hybridized carbons (Fsp3) is 0.364. The first kappa shape index (κ1) is 19.4. The molecule has 0 aliphatic carbocycles. The molecule has 2 aliphatic heterocycles. The fourth-order valence-electron chi connectivity index (χ4n) is 4.42. The molecule has 0 saturated carbocycles. The van der Waals surface area contributed by atoms with Crippen molar-refractivity contribution in [2.24, 2.45) is 0 Å². The molecule has 3 atom stereocenters. The van der Waals surface area contributed by atoms with Gasteiger partial charge in [-0.1, -0.05) is 0 Å². The van der Waals surface area contributed by atoms with Gasteiger partial charge in [-0.05, 0) is 80.6 Å². The first-order valence-corrected chi connectivity index (χ1v) is 9.91. The number of rotatable bonds is 3. The summed E-state index contributed by atoms with van der Waals surface area (Å²) >= 11 is 0. The molecule has 152 valence electrons. The Labute approximate surface area is 168 Å². The highest BCUT2D eigenvalue weighted by Crippen LogP contribution is 2.34. The van der Waals surface area contributed by atoms with Gasteiger partial charge in [-0.15, -0.1) is 0 Å². The van der Waals surface area contributed by atoms with Crippen LogP contribution in [0.1, 0.15) is 42.5 Å². The number of halogens is 2. The Morgan fingerprint density at radius 1 is 0.862 bits per heavy atom. The maximum atomic E-state index is 13.1. The zero-order valence-corrected chi connectivity index (χ0v) is 15.9. The molecule has 2 heterocycles. The second-order valence-electron chi connectivity index (χ2n) is 7.73. The minimum atomic E-state index is -0.378. The number of piperidine rings is 2. The van der Waals surface area contributed by atoms with Crippen molar-refractivity contribution < 1.29 is 18.4 Å². The van der Waals surface area contributed by atoms with Crippen molar-refractivity contribution in [1.29, 1.82) is 0 Å². The van der Waals surface area contributed by atoms with Gasteiger partial charge in [0.1, 0.15) is 11.6 Å². The van der Waals surface area contributed by atoms with E-state index in [0.717, 1.165) is 19.3 Å². The number of anilines is 1. The Bertz CT molecular complexity index is 872. The van der Waals surface area contributed by atoms with Crippen LogP contribution in [0.5, 0.6) is 0 Å². The van der Waals surface area contributed by atoms with E-state index in [9.17, 15) is 18.4 Å². The number of hydrogen-bond donors (Lipinski definition) is 2. The monoisotopic (exact) mass is 399 g/mol. The number of nitrogens with zero attached hydrogens (tertiary/aromatic N) is 1. The third kappa shape index (κ3) is 4.39. The zero-order valence-electron chi connectivity index (χ0n) is 15.9. The fourth-order valence-corrected chi connectivity index (χ4v) is 4.42. The number of carbonyl (C=O) groups excluding carboxylic acids is 2. The van der Waals surface area contributed by atoms with Crippen molar-refractivity contribution in [2.45, 2.75) is 50.2 Å². The highest BCUT2D eigenvalue weighted by molar-refractivity contribution is 5.94. The van der Waals surface area contributed by atoms with Gasteiger partial charge >= 0.3 is 6.03 Å². The Morgan fingerprint density at radius 2 is 1.41 bits per heavy atom. The predicted octanol–water partition coefficient (Wildman–Crippen LogP) is 4.31. The van der Waals surface area contributed by atoms with Crippen LogP contribution in [0.3, 0.4) is 0 Å². The van der Waals surface area contributed by atoms with E-state index in [1.54, 1.807) is 12.1 Å². The van der Waals surface area contributed by atoms with Crippen molar-refractivity contribution in [3.05, 3.63) is 65.7 Å². The highest BCUT2D eigenvalue weighted by atomic mass is 19.1. The number of amides is 3.